The van der Waals surface area contributed by atoms with E-state index in [2.05, 4.69) is 0 Å². The van der Waals surface area contributed by atoms with Crippen molar-refractivity contribution in [3.8, 4) is 11.5 Å². The summed E-state index contributed by atoms with van der Waals surface area (Å²) < 4.78 is 45.1. The van der Waals surface area contributed by atoms with Gasteiger partial charge in [0.05, 0.1) is 13.2 Å². The smallest absolute Gasteiger partial charge is 0.471 e. The molecule has 0 aromatic heterocycles. The third kappa shape index (κ3) is 4.37. The molecular weight excluding hydrogens is 425 g/mol. The van der Waals surface area contributed by atoms with E-state index in [4.69, 9.17) is 4.74 Å². The summed E-state index contributed by atoms with van der Waals surface area (Å²) in [5.41, 5.74) is 1.87. The van der Waals surface area contributed by atoms with Crippen molar-refractivity contribution < 1.29 is 32.6 Å². The SMILES string of the molecule is CCN(CC)C(=O)c1ccc(C2c3cc(O)c(OC)cc3CCN2C(=O)C(F)(F)F)cc1. The lowest BCUT2D eigenvalue weighted by atomic mass is 9.87. The molecule has 1 heterocycles. The van der Waals surface area contributed by atoms with Crippen molar-refractivity contribution in [3.63, 3.8) is 0 Å². The minimum Gasteiger partial charge on any atom is -0.504 e. The number of amides is 2. The van der Waals surface area contributed by atoms with E-state index in [0.717, 1.165) is 4.90 Å². The van der Waals surface area contributed by atoms with Crippen LogP contribution in [-0.2, 0) is 11.2 Å². The number of hydrogen-bond donors (Lipinski definition) is 1. The second-order valence-corrected chi connectivity index (χ2v) is 7.47. The summed E-state index contributed by atoms with van der Waals surface area (Å²) in [5.74, 6) is -2.16. The number of phenolic OH excluding ortho intramolecular Hbond substituents is 1. The Morgan fingerprint density at radius 1 is 1.16 bits per heavy atom. The Kier molecular flexibility index (Phi) is 6.66. The Morgan fingerprint density at radius 2 is 1.78 bits per heavy atom. The van der Waals surface area contributed by atoms with Crippen LogP contribution in [0.2, 0.25) is 0 Å². The van der Waals surface area contributed by atoms with E-state index >= 15 is 0 Å². The van der Waals surface area contributed by atoms with Gasteiger partial charge in [-0.1, -0.05) is 12.1 Å². The van der Waals surface area contributed by atoms with Gasteiger partial charge in [0.2, 0.25) is 0 Å². The molecule has 1 atom stereocenters. The normalized spacial score (nSPS) is 15.8. The van der Waals surface area contributed by atoms with Gasteiger partial charge in [-0.25, -0.2) is 0 Å². The molecule has 0 aliphatic carbocycles. The quantitative estimate of drug-likeness (QED) is 0.750. The maximum atomic E-state index is 13.3. The number of rotatable bonds is 5. The number of nitrogens with zero attached hydrogens (tertiary/aromatic N) is 2. The summed E-state index contributed by atoms with van der Waals surface area (Å²) in [6.07, 6.45) is -4.86. The lowest BCUT2D eigenvalue weighted by Gasteiger charge is -2.38. The van der Waals surface area contributed by atoms with Gasteiger partial charge in [0.25, 0.3) is 5.91 Å². The van der Waals surface area contributed by atoms with E-state index in [-0.39, 0.29) is 30.4 Å². The van der Waals surface area contributed by atoms with E-state index < -0.39 is 18.1 Å². The Balaban J connectivity index is 2.08. The lowest BCUT2D eigenvalue weighted by Crippen LogP contribution is -2.46. The molecule has 0 radical (unpaired) electrons. The van der Waals surface area contributed by atoms with E-state index in [0.29, 0.717) is 35.3 Å². The molecule has 2 aromatic carbocycles. The highest BCUT2D eigenvalue weighted by atomic mass is 19.4. The first-order valence-corrected chi connectivity index (χ1v) is 10.3. The highest BCUT2D eigenvalue weighted by Gasteiger charge is 2.46. The fraction of sp³-hybridized carbons (Fsp3) is 0.391. The number of fused-ring (bicyclic) bond motifs is 1. The number of aromatic hydroxyl groups is 1. The van der Waals surface area contributed by atoms with Crippen LogP contribution in [0.4, 0.5) is 13.2 Å². The largest absolute Gasteiger partial charge is 0.504 e. The van der Waals surface area contributed by atoms with Crippen molar-refractivity contribution in [1.82, 2.24) is 9.80 Å². The van der Waals surface area contributed by atoms with Crippen LogP contribution in [0.25, 0.3) is 0 Å². The van der Waals surface area contributed by atoms with Crippen LogP contribution in [0.15, 0.2) is 36.4 Å². The summed E-state index contributed by atoms with van der Waals surface area (Å²) in [5, 5.41) is 10.2. The van der Waals surface area contributed by atoms with Crippen LogP contribution < -0.4 is 4.74 Å². The first-order valence-electron chi connectivity index (χ1n) is 10.3. The van der Waals surface area contributed by atoms with Crippen molar-refractivity contribution in [1.29, 1.82) is 0 Å². The van der Waals surface area contributed by atoms with Gasteiger partial charge in [-0.05, 0) is 61.2 Å². The van der Waals surface area contributed by atoms with Crippen molar-refractivity contribution in [3.05, 3.63) is 58.7 Å². The molecule has 2 aromatic rings. The van der Waals surface area contributed by atoms with Crippen molar-refractivity contribution in [2.24, 2.45) is 0 Å². The number of carbonyl (C=O) groups excluding carboxylic acids is 2. The van der Waals surface area contributed by atoms with Gasteiger partial charge in [0.15, 0.2) is 11.5 Å². The van der Waals surface area contributed by atoms with Gasteiger partial charge in [0.1, 0.15) is 0 Å². The maximum Gasteiger partial charge on any atom is 0.471 e. The molecule has 0 saturated carbocycles. The Hall–Kier alpha value is -3.23. The Morgan fingerprint density at radius 3 is 2.31 bits per heavy atom. The number of hydrogen-bond acceptors (Lipinski definition) is 4. The van der Waals surface area contributed by atoms with Gasteiger partial charge in [-0.15, -0.1) is 0 Å². The van der Waals surface area contributed by atoms with Crippen LogP contribution in [-0.4, -0.2) is 59.6 Å². The van der Waals surface area contributed by atoms with Gasteiger partial charge in [-0.2, -0.15) is 13.2 Å². The monoisotopic (exact) mass is 450 g/mol. The topological polar surface area (TPSA) is 70.1 Å². The summed E-state index contributed by atoms with van der Waals surface area (Å²) in [6.45, 7) is 4.63. The zero-order valence-corrected chi connectivity index (χ0v) is 18.1. The van der Waals surface area contributed by atoms with Crippen LogP contribution in [0.1, 0.15) is 46.9 Å². The fourth-order valence-corrected chi connectivity index (χ4v) is 4.04. The molecular formula is C23H25F3N2O4. The molecule has 32 heavy (non-hydrogen) atoms. The van der Waals surface area contributed by atoms with Crippen molar-refractivity contribution >= 4 is 11.8 Å². The second-order valence-electron chi connectivity index (χ2n) is 7.47. The zero-order chi connectivity index (χ0) is 23.6. The van der Waals surface area contributed by atoms with E-state index in [9.17, 15) is 27.9 Å². The van der Waals surface area contributed by atoms with Gasteiger partial charge in [-0.3, -0.25) is 9.59 Å². The summed E-state index contributed by atoms with van der Waals surface area (Å²) >= 11 is 0. The van der Waals surface area contributed by atoms with E-state index in [1.54, 1.807) is 35.2 Å². The average molecular weight is 450 g/mol. The molecule has 3 rings (SSSR count). The molecule has 6 nitrogen and oxygen atoms in total. The molecule has 2 amide bonds. The van der Waals surface area contributed by atoms with Gasteiger partial charge >= 0.3 is 12.1 Å². The minimum atomic E-state index is -5.04. The van der Waals surface area contributed by atoms with Crippen LogP contribution >= 0.6 is 0 Å². The van der Waals surface area contributed by atoms with Crippen LogP contribution in [0.5, 0.6) is 11.5 Å². The molecule has 1 unspecified atom stereocenters. The molecule has 0 fully saturated rings. The van der Waals surface area contributed by atoms with Gasteiger partial charge < -0.3 is 19.6 Å². The van der Waals surface area contributed by atoms with E-state index in [1.807, 2.05) is 13.8 Å². The number of benzene rings is 2. The minimum absolute atomic E-state index is 0.149. The zero-order valence-electron chi connectivity index (χ0n) is 18.1. The predicted octanol–water partition coefficient (Wildman–Crippen LogP) is 3.92. The summed E-state index contributed by atoms with van der Waals surface area (Å²) in [7, 11) is 1.38. The number of ether oxygens (including phenoxy) is 1. The molecule has 1 aliphatic heterocycles. The third-order valence-corrected chi connectivity index (χ3v) is 5.70. The molecule has 1 aliphatic rings. The van der Waals surface area contributed by atoms with Gasteiger partial charge in [0, 0.05) is 25.2 Å². The Bertz CT molecular complexity index is 1000. The first-order chi connectivity index (χ1) is 15.1. The molecule has 0 bridgehead atoms. The highest BCUT2D eigenvalue weighted by Crippen LogP contribution is 2.42. The highest BCUT2D eigenvalue weighted by molar-refractivity contribution is 5.94. The van der Waals surface area contributed by atoms with Crippen molar-refractivity contribution in [2.75, 3.05) is 26.7 Å². The van der Waals surface area contributed by atoms with Crippen molar-refractivity contribution in [2.45, 2.75) is 32.5 Å². The first kappa shape index (κ1) is 23.4. The standard InChI is InChI=1S/C23H25F3N2O4/c1-4-27(5-2)21(30)15-8-6-14(7-9-15)20-17-13-18(29)19(32-3)12-16(17)10-11-28(20)22(31)23(24,25)26/h6-9,12-13,20,29H,4-5,10-11H2,1-3H3. The Labute approximate surface area is 184 Å². The van der Waals surface area contributed by atoms with Crippen LogP contribution in [0, 0.1) is 0 Å². The molecule has 0 saturated heterocycles. The maximum absolute atomic E-state index is 13.3. The fourth-order valence-electron chi connectivity index (χ4n) is 4.04. The number of alkyl halides is 3. The molecule has 172 valence electrons. The number of methoxy groups -OCH3 is 1. The summed E-state index contributed by atoms with van der Waals surface area (Å²) in [4.78, 5) is 27.2. The predicted molar refractivity (Wildman–Crippen MR) is 112 cm³/mol. The molecule has 9 heteroatoms. The lowest BCUT2D eigenvalue weighted by molar-refractivity contribution is -0.187. The molecule has 1 N–H and O–H groups in total. The van der Waals surface area contributed by atoms with E-state index in [1.165, 1.54) is 13.2 Å². The third-order valence-electron chi connectivity index (χ3n) is 5.70. The second kappa shape index (κ2) is 9.10. The number of halogens is 3. The average Bonchev–Trinajstić information content (AvgIpc) is 2.77. The summed E-state index contributed by atoms with van der Waals surface area (Å²) in [6, 6.07) is 8.04. The van der Waals surface area contributed by atoms with Crippen LogP contribution in [0.3, 0.4) is 0 Å². The molecule has 0 spiro atoms. The number of carbonyl (C=O) groups is 2. The number of phenols is 1.